The monoisotopic (exact) mass is 300 g/mol. The summed E-state index contributed by atoms with van der Waals surface area (Å²) < 4.78 is 5.86. The second-order valence-electron chi connectivity index (χ2n) is 6.21. The molecule has 0 saturated carbocycles. The molecule has 2 heterocycles. The van der Waals surface area contributed by atoms with Crippen molar-refractivity contribution in [2.45, 2.75) is 45.2 Å². The number of nitrogens with one attached hydrogen (secondary N) is 1. The Balaban J connectivity index is 1.68. The number of carbonyl (C=O) groups is 1. The molecule has 1 amide bonds. The molecule has 1 aliphatic heterocycles. The molecule has 1 N–H and O–H groups in total. The van der Waals surface area contributed by atoms with Crippen LogP contribution in [-0.4, -0.2) is 30.4 Å². The maximum absolute atomic E-state index is 12.5. The van der Waals surface area contributed by atoms with Crippen LogP contribution < -0.4 is 5.32 Å². The Morgan fingerprint density at radius 1 is 1.32 bits per heavy atom. The number of hydrogen-bond acceptors (Lipinski definition) is 3. The topological polar surface area (TPSA) is 45.5 Å². The maximum atomic E-state index is 12.5. The fraction of sp³-hybridized carbons (Fsp3) is 0.500. The first-order valence-corrected chi connectivity index (χ1v) is 8.12. The summed E-state index contributed by atoms with van der Waals surface area (Å²) in [5, 5.41) is 4.18. The van der Waals surface area contributed by atoms with E-state index in [1.54, 1.807) is 0 Å². The molecule has 0 bridgehead atoms. The van der Waals surface area contributed by atoms with Crippen molar-refractivity contribution >= 4 is 16.9 Å². The smallest absolute Gasteiger partial charge is 0.237 e. The van der Waals surface area contributed by atoms with E-state index in [2.05, 4.69) is 16.3 Å². The van der Waals surface area contributed by atoms with Gasteiger partial charge in [0.2, 0.25) is 5.91 Å². The van der Waals surface area contributed by atoms with E-state index in [0.717, 1.165) is 41.7 Å². The third kappa shape index (κ3) is 3.02. The molecule has 0 spiro atoms. The lowest BCUT2D eigenvalue weighted by atomic mass is 10.1. The van der Waals surface area contributed by atoms with E-state index in [4.69, 9.17) is 4.42 Å². The summed E-state index contributed by atoms with van der Waals surface area (Å²) in [6.07, 6.45) is 4.48. The van der Waals surface area contributed by atoms with Crippen molar-refractivity contribution in [2.75, 3.05) is 13.6 Å². The van der Waals surface area contributed by atoms with Crippen molar-refractivity contribution in [3.05, 3.63) is 35.6 Å². The number of para-hydroxylation sites is 1. The second-order valence-corrected chi connectivity index (χ2v) is 6.21. The molecule has 1 unspecified atom stereocenters. The van der Waals surface area contributed by atoms with E-state index in [1.807, 2.05) is 32.2 Å². The summed E-state index contributed by atoms with van der Waals surface area (Å²) in [6, 6.07) is 7.99. The molecule has 0 aliphatic carbocycles. The Morgan fingerprint density at radius 2 is 2.14 bits per heavy atom. The quantitative estimate of drug-likeness (QED) is 0.946. The number of likely N-dealkylation sites (tertiary alicyclic amines) is 1. The van der Waals surface area contributed by atoms with Gasteiger partial charge in [-0.15, -0.1) is 0 Å². The highest BCUT2D eigenvalue weighted by atomic mass is 16.3. The Morgan fingerprint density at radius 3 is 2.95 bits per heavy atom. The standard InChI is InChI=1S/C18H24N2O2/c1-13-14-8-5-6-10-16(14)22-17(13)12-19-18(21)15-9-4-3-7-11-20(15)2/h5-6,8,10,15H,3-4,7,9,11-12H2,1-2H3,(H,19,21). The number of furan rings is 1. The van der Waals surface area contributed by atoms with Gasteiger partial charge in [-0.1, -0.05) is 31.0 Å². The molecule has 118 valence electrons. The molecule has 0 radical (unpaired) electrons. The second kappa shape index (κ2) is 6.53. The van der Waals surface area contributed by atoms with Gasteiger partial charge in [0, 0.05) is 10.9 Å². The van der Waals surface area contributed by atoms with Crippen molar-refractivity contribution < 1.29 is 9.21 Å². The van der Waals surface area contributed by atoms with Gasteiger partial charge in [-0.25, -0.2) is 0 Å². The van der Waals surface area contributed by atoms with Crippen LogP contribution >= 0.6 is 0 Å². The molecule has 22 heavy (non-hydrogen) atoms. The van der Waals surface area contributed by atoms with Crippen molar-refractivity contribution in [1.82, 2.24) is 10.2 Å². The maximum Gasteiger partial charge on any atom is 0.237 e. The normalized spacial score (nSPS) is 20.0. The molecule has 2 aromatic rings. The van der Waals surface area contributed by atoms with Gasteiger partial charge in [-0.3, -0.25) is 9.69 Å². The number of likely N-dealkylation sites (N-methyl/N-ethyl adjacent to an activating group) is 1. The lowest BCUT2D eigenvalue weighted by Crippen LogP contribution is -2.44. The van der Waals surface area contributed by atoms with Crippen LogP contribution in [0.25, 0.3) is 11.0 Å². The van der Waals surface area contributed by atoms with Gasteiger partial charge in [0.25, 0.3) is 0 Å². The van der Waals surface area contributed by atoms with Gasteiger partial charge in [-0.05, 0) is 39.4 Å². The first kappa shape index (κ1) is 15.1. The third-order valence-electron chi connectivity index (χ3n) is 4.69. The number of amides is 1. The first-order chi connectivity index (χ1) is 10.7. The number of fused-ring (bicyclic) bond motifs is 1. The van der Waals surface area contributed by atoms with Gasteiger partial charge >= 0.3 is 0 Å². The summed E-state index contributed by atoms with van der Waals surface area (Å²) in [7, 11) is 2.04. The molecule has 3 rings (SSSR count). The zero-order chi connectivity index (χ0) is 15.5. The zero-order valence-corrected chi connectivity index (χ0v) is 13.4. The number of nitrogens with zero attached hydrogens (tertiary/aromatic N) is 1. The third-order valence-corrected chi connectivity index (χ3v) is 4.69. The summed E-state index contributed by atoms with van der Waals surface area (Å²) in [5.41, 5.74) is 2.00. The van der Waals surface area contributed by atoms with Crippen LogP contribution in [-0.2, 0) is 11.3 Å². The van der Waals surface area contributed by atoms with Gasteiger partial charge in [0.05, 0.1) is 12.6 Å². The Kier molecular flexibility index (Phi) is 4.48. The van der Waals surface area contributed by atoms with Crippen LogP contribution in [0.4, 0.5) is 0 Å². The van der Waals surface area contributed by atoms with Gasteiger partial charge in [0.1, 0.15) is 11.3 Å². The molecular weight excluding hydrogens is 276 g/mol. The summed E-state index contributed by atoms with van der Waals surface area (Å²) in [4.78, 5) is 14.6. The number of aryl methyl sites for hydroxylation is 1. The Bertz CT molecular complexity index is 662. The van der Waals surface area contributed by atoms with Crippen LogP contribution in [0.2, 0.25) is 0 Å². The minimum atomic E-state index is -0.00724. The van der Waals surface area contributed by atoms with Gasteiger partial charge in [0.15, 0.2) is 0 Å². The first-order valence-electron chi connectivity index (χ1n) is 8.12. The van der Waals surface area contributed by atoms with E-state index in [9.17, 15) is 4.79 Å². The largest absolute Gasteiger partial charge is 0.459 e. The van der Waals surface area contributed by atoms with E-state index >= 15 is 0 Å². The highest BCUT2D eigenvalue weighted by Crippen LogP contribution is 2.24. The van der Waals surface area contributed by atoms with E-state index < -0.39 is 0 Å². The lowest BCUT2D eigenvalue weighted by molar-refractivity contribution is -0.126. The number of benzene rings is 1. The summed E-state index contributed by atoms with van der Waals surface area (Å²) in [5.74, 6) is 0.968. The van der Waals surface area contributed by atoms with Crippen LogP contribution in [0, 0.1) is 6.92 Å². The molecule has 1 aromatic carbocycles. The summed E-state index contributed by atoms with van der Waals surface area (Å²) >= 11 is 0. The Labute approximate surface area is 131 Å². The molecule has 1 saturated heterocycles. The van der Waals surface area contributed by atoms with E-state index in [0.29, 0.717) is 6.54 Å². The molecule has 1 aromatic heterocycles. The molecule has 4 nitrogen and oxygen atoms in total. The number of rotatable bonds is 3. The lowest BCUT2D eigenvalue weighted by Gasteiger charge is -2.24. The van der Waals surface area contributed by atoms with Crippen LogP contribution in [0.15, 0.2) is 28.7 Å². The van der Waals surface area contributed by atoms with Crippen molar-refractivity contribution in [2.24, 2.45) is 0 Å². The zero-order valence-electron chi connectivity index (χ0n) is 13.4. The van der Waals surface area contributed by atoms with Gasteiger partial charge in [-0.2, -0.15) is 0 Å². The Hall–Kier alpha value is -1.81. The molecule has 1 fully saturated rings. The highest BCUT2D eigenvalue weighted by Gasteiger charge is 2.24. The SMILES string of the molecule is Cc1c(CNC(=O)C2CCCCCN2C)oc2ccccc12. The predicted molar refractivity (Wildman–Crippen MR) is 87.7 cm³/mol. The van der Waals surface area contributed by atoms with Crippen molar-refractivity contribution in [3.63, 3.8) is 0 Å². The van der Waals surface area contributed by atoms with E-state index in [-0.39, 0.29) is 11.9 Å². The molecule has 4 heteroatoms. The predicted octanol–water partition coefficient (Wildman–Crippen LogP) is 3.23. The fourth-order valence-corrected chi connectivity index (χ4v) is 3.26. The molecular formula is C18H24N2O2. The fourth-order valence-electron chi connectivity index (χ4n) is 3.26. The van der Waals surface area contributed by atoms with Crippen LogP contribution in [0.3, 0.4) is 0 Å². The summed E-state index contributed by atoms with van der Waals surface area (Å²) in [6.45, 7) is 3.51. The minimum Gasteiger partial charge on any atom is -0.459 e. The van der Waals surface area contributed by atoms with Crippen LogP contribution in [0.1, 0.15) is 37.0 Å². The van der Waals surface area contributed by atoms with Crippen LogP contribution in [0.5, 0.6) is 0 Å². The number of carbonyl (C=O) groups excluding carboxylic acids is 1. The van der Waals surface area contributed by atoms with Gasteiger partial charge < -0.3 is 9.73 Å². The number of hydrogen-bond donors (Lipinski definition) is 1. The minimum absolute atomic E-state index is 0.00724. The van der Waals surface area contributed by atoms with E-state index in [1.165, 1.54) is 12.8 Å². The average molecular weight is 300 g/mol. The van der Waals surface area contributed by atoms with Crippen molar-refractivity contribution in [1.29, 1.82) is 0 Å². The van der Waals surface area contributed by atoms with Crippen molar-refractivity contribution in [3.8, 4) is 0 Å². The molecule has 1 aliphatic rings. The molecule has 1 atom stereocenters. The average Bonchev–Trinajstić information content (AvgIpc) is 2.69. The highest BCUT2D eigenvalue weighted by molar-refractivity contribution is 5.83.